The Morgan fingerprint density at radius 2 is 1.86 bits per heavy atom. The van der Waals surface area contributed by atoms with E-state index in [-0.39, 0.29) is 6.54 Å². The molecule has 2 aliphatic heterocycles. The minimum Gasteiger partial charge on any atom is -0.480 e. The molecule has 28 heavy (non-hydrogen) atoms. The third-order valence-electron chi connectivity index (χ3n) is 6.15. The normalized spacial score (nSPS) is 22.4. The van der Waals surface area contributed by atoms with Gasteiger partial charge in [-0.15, -0.1) is 0 Å². The molecule has 6 nitrogen and oxygen atoms in total. The third kappa shape index (κ3) is 4.80. The van der Waals surface area contributed by atoms with Gasteiger partial charge in [0.2, 0.25) is 0 Å². The molecule has 2 aromatic rings. The molecule has 6 heteroatoms. The Morgan fingerprint density at radius 1 is 1.07 bits per heavy atom. The first-order valence-electron chi connectivity index (χ1n) is 10.4. The molecule has 0 radical (unpaired) electrons. The molecule has 2 aliphatic rings. The van der Waals surface area contributed by atoms with Gasteiger partial charge in [0, 0.05) is 31.2 Å². The number of carbonyl (C=O) groups is 1. The van der Waals surface area contributed by atoms with E-state index in [1.54, 1.807) is 10.9 Å². The average molecular weight is 383 g/mol. The zero-order valence-electron chi connectivity index (χ0n) is 16.4. The van der Waals surface area contributed by atoms with E-state index in [0.29, 0.717) is 12.0 Å². The molecule has 2 saturated heterocycles. The largest absolute Gasteiger partial charge is 0.480 e. The van der Waals surface area contributed by atoms with Crippen LogP contribution < -0.4 is 0 Å². The smallest absolute Gasteiger partial charge is 0.325 e. The van der Waals surface area contributed by atoms with Gasteiger partial charge in [0.05, 0.1) is 5.69 Å². The van der Waals surface area contributed by atoms with E-state index in [1.807, 2.05) is 6.07 Å². The molecule has 4 rings (SSSR count). The molecule has 0 aliphatic carbocycles. The number of carboxylic acid groups (broad SMARTS) is 1. The molecule has 0 saturated carbocycles. The molecule has 0 unspecified atom stereocenters. The molecule has 0 spiro atoms. The van der Waals surface area contributed by atoms with E-state index >= 15 is 0 Å². The third-order valence-corrected chi connectivity index (χ3v) is 6.15. The van der Waals surface area contributed by atoms with Crippen LogP contribution in [0.1, 0.15) is 42.9 Å². The van der Waals surface area contributed by atoms with Crippen molar-refractivity contribution in [2.45, 2.75) is 50.7 Å². The Hall–Kier alpha value is -2.18. The van der Waals surface area contributed by atoms with Crippen molar-refractivity contribution in [1.82, 2.24) is 19.6 Å². The molecular formula is C22H30N4O2. The number of likely N-dealkylation sites (tertiary alicyclic amines) is 2. The molecule has 150 valence electrons. The molecule has 0 bridgehead atoms. The van der Waals surface area contributed by atoms with Crippen molar-refractivity contribution in [3.63, 3.8) is 0 Å². The number of aliphatic carboxylic acids is 1. The van der Waals surface area contributed by atoms with Crippen LogP contribution in [-0.2, 0) is 17.9 Å². The van der Waals surface area contributed by atoms with Gasteiger partial charge in [-0.25, -0.2) is 0 Å². The fraction of sp³-hybridized carbons (Fsp3) is 0.545. The first kappa shape index (κ1) is 19.2. The minimum atomic E-state index is -0.845. The summed E-state index contributed by atoms with van der Waals surface area (Å²) in [5.41, 5.74) is 2.45. The van der Waals surface area contributed by atoms with Gasteiger partial charge in [-0.2, -0.15) is 5.10 Å². The van der Waals surface area contributed by atoms with Crippen LogP contribution in [0.4, 0.5) is 0 Å². The van der Waals surface area contributed by atoms with Crippen molar-refractivity contribution < 1.29 is 9.90 Å². The maximum Gasteiger partial charge on any atom is 0.325 e. The van der Waals surface area contributed by atoms with E-state index in [0.717, 1.165) is 38.3 Å². The summed E-state index contributed by atoms with van der Waals surface area (Å²) in [6.07, 6.45) is 6.60. The molecular weight excluding hydrogens is 352 g/mol. The number of aromatic nitrogens is 2. The summed E-state index contributed by atoms with van der Waals surface area (Å²) in [4.78, 5) is 16.1. The van der Waals surface area contributed by atoms with Crippen LogP contribution >= 0.6 is 0 Å². The number of benzene rings is 1. The van der Waals surface area contributed by atoms with Crippen LogP contribution in [0.2, 0.25) is 0 Å². The van der Waals surface area contributed by atoms with Crippen LogP contribution in [-0.4, -0.2) is 62.9 Å². The first-order valence-corrected chi connectivity index (χ1v) is 10.4. The van der Waals surface area contributed by atoms with Gasteiger partial charge in [0.25, 0.3) is 0 Å². The van der Waals surface area contributed by atoms with Gasteiger partial charge in [-0.1, -0.05) is 30.3 Å². The van der Waals surface area contributed by atoms with Crippen molar-refractivity contribution in [1.29, 1.82) is 0 Å². The molecule has 1 atom stereocenters. The molecule has 1 aromatic heterocycles. The topological polar surface area (TPSA) is 61.6 Å². The Balaban J connectivity index is 1.29. The first-order chi connectivity index (χ1) is 13.7. The predicted molar refractivity (Wildman–Crippen MR) is 108 cm³/mol. The number of hydrogen-bond donors (Lipinski definition) is 1. The molecule has 1 N–H and O–H groups in total. The Bertz CT molecular complexity index is 768. The summed E-state index contributed by atoms with van der Waals surface area (Å²) < 4.78 is 1.54. The standard InChI is InChI=1S/C22H30N4O2/c27-22(28)17-26-14-10-21(23-26)19-7-4-11-25(16-19)20-8-12-24(13-9-20)15-18-5-2-1-3-6-18/h1-3,5-6,10,14,19-20H,4,7-9,11-13,15-17H2,(H,27,28)/t19-/m0/s1. The lowest BCUT2D eigenvalue weighted by molar-refractivity contribution is -0.137. The van der Waals surface area contributed by atoms with Gasteiger partial charge in [-0.05, 0) is 56.9 Å². The fourth-order valence-corrected chi connectivity index (χ4v) is 4.69. The molecule has 3 heterocycles. The summed E-state index contributed by atoms with van der Waals surface area (Å²) in [7, 11) is 0. The highest BCUT2D eigenvalue weighted by molar-refractivity contribution is 5.66. The lowest BCUT2D eigenvalue weighted by atomic mass is 9.92. The maximum atomic E-state index is 10.9. The minimum absolute atomic E-state index is 0.0592. The fourth-order valence-electron chi connectivity index (χ4n) is 4.69. The zero-order valence-corrected chi connectivity index (χ0v) is 16.4. The highest BCUT2D eigenvalue weighted by atomic mass is 16.4. The Kier molecular flexibility index (Phi) is 6.07. The van der Waals surface area contributed by atoms with Gasteiger partial charge >= 0.3 is 5.97 Å². The maximum absolute atomic E-state index is 10.9. The number of rotatable bonds is 6. The van der Waals surface area contributed by atoms with Crippen LogP contribution in [0.15, 0.2) is 42.6 Å². The van der Waals surface area contributed by atoms with Gasteiger partial charge in [0.15, 0.2) is 0 Å². The van der Waals surface area contributed by atoms with Crippen molar-refractivity contribution in [3.05, 3.63) is 53.9 Å². The van der Waals surface area contributed by atoms with Crippen LogP contribution in [0.5, 0.6) is 0 Å². The quantitative estimate of drug-likeness (QED) is 0.832. The summed E-state index contributed by atoms with van der Waals surface area (Å²) >= 11 is 0. The Morgan fingerprint density at radius 3 is 2.61 bits per heavy atom. The van der Waals surface area contributed by atoms with E-state index in [2.05, 4.69) is 45.2 Å². The second kappa shape index (κ2) is 8.88. The Labute approximate surface area is 166 Å². The molecule has 1 aromatic carbocycles. The van der Waals surface area contributed by atoms with E-state index in [9.17, 15) is 4.79 Å². The van der Waals surface area contributed by atoms with E-state index in [1.165, 1.54) is 31.4 Å². The lowest BCUT2D eigenvalue weighted by Gasteiger charge is -2.42. The lowest BCUT2D eigenvalue weighted by Crippen LogP contribution is -2.48. The van der Waals surface area contributed by atoms with Crippen molar-refractivity contribution in [2.75, 3.05) is 26.2 Å². The van der Waals surface area contributed by atoms with Crippen LogP contribution in [0.25, 0.3) is 0 Å². The monoisotopic (exact) mass is 382 g/mol. The van der Waals surface area contributed by atoms with E-state index < -0.39 is 5.97 Å². The summed E-state index contributed by atoms with van der Waals surface area (Å²) in [5, 5.41) is 13.5. The zero-order chi connectivity index (χ0) is 19.3. The summed E-state index contributed by atoms with van der Waals surface area (Å²) in [6.45, 7) is 5.54. The van der Waals surface area contributed by atoms with Gasteiger partial charge < -0.3 is 5.11 Å². The number of hydrogen-bond acceptors (Lipinski definition) is 4. The second-order valence-corrected chi connectivity index (χ2v) is 8.16. The van der Waals surface area contributed by atoms with Crippen LogP contribution in [0.3, 0.4) is 0 Å². The number of carboxylic acids is 1. The van der Waals surface area contributed by atoms with E-state index in [4.69, 9.17) is 5.11 Å². The summed E-state index contributed by atoms with van der Waals surface area (Å²) in [5.74, 6) is -0.423. The molecule has 2 fully saturated rings. The van der Waals surface area contributed by atoms with Crippen molar-refractivity contribution in [3.8, 4) is 0 Å². The highest BCUT2D eigenvalue weighted by Gasteiger charge is 2.30. The number of nitrogens with zero attached hydrogens (tertiary/aromatic N) is 4. The predicted octanol–water partition coefficient (Wildman–Crippen LogP) is 2.81. The average Bonchev–Trinajstić information content (AvgIpc) is 3.17. The second-order valence-electron chi connectivity index (χ2n) is 8.16. The van der Waals surface area contributed by atoms with Crippen molar-refractivity contribution >= 4 is 5.97 Å². The molecule has 0 amide bonds. The number of piperidine rings is 2. The van der Waals surface area contributed by atoms with Crippen molar-refractivity contribution in [2.24, 2.45) is 0 Å². The van der Waals surface area contributed by atoms with Crippen LogP contribution in [0, 0.1) is 0 Å². The summed E-state index contributed by atoms with van der Waals surface area (Å²) in [6, 6.07) is 13.4. The van der Waals surface area contributed by atoms with Gasteiger partial charge in [-0.3, -0.25) is 19.3 Å². The van der Waals surface area contributed by atoms with Gasteiger partial charge in [0.1, 0.15) is 6.54 Å². The SMILES string of the molecule is O=C(O)Cn1ccc([C@H]2CCCN(C3CCN(Cc4ccccc4)CC3)C2)n1. The highest BCUT2D eigenvalue weighted by Crippen LogP contribution is 2.29.